The van der Waals surface area contributed by atoms with Gasteiger partial charge in [-0.3, -0.25) is 9.59 Å². The Morgan fingerprint density at radius 2 is 2.00 bits per heavy atom. The highest BCUT2D eigenvalue weighted by atomic mass is 32.1. The van der Waals surface area contributed by atoms with E-state index in [4.69, 9.17) is 9.47 Å². The van der Waals surface area contributed by atoms with Crippen molar-refractivity contribution in [2.75, 3.05) is 25.2 Å². The summed E-state index contributed by atoms with van der Waals surface area (Å²) in [6, 6.07) is 5.39. The number of carbonyl (C=O) groups is 2. The van der Waals surface area contributed by atoms with Crippen LogP contribution in [-0.4, -0.2) is 41.6 Å². The van der Waals surface area contributed by atoms with Gasteiger partial charge in [-0.25, -0.2) is 4.98 Å². The molecule has 0 spiro atoms. The molecule has 30 heavy (non-hydrogen) atoms. The van der Waals surface area contributed by atoms with E-state index in [1.807, 2.05) is 17.9 Å². The molecular weight excluding hydrogens is 402 g/mol. The van der Waals surface area contributed by atoms with Crippen LogP contribution in [0.1, 0.15) is 53.0 Å². The fraction of sp³-hybridized carbons (Fsp3) is 0.500. The van der Waals surface area contributed by atoms with Gasteiger partial charge < -0.3 is 19.7 Å². The van der Waals surface area contributed by atoms with Crippen molar-refractivity contribution < 1.29 is 19.1 Å². The largest absolute Gasteiger partial charge is 0.454 e. The van der Waals surface area contributed by atoms with Gasteiger partial charge in [0.25, 0.3) is 5.91 Å². The Balaban J connectivity index is 1.31. The Bertz CT molecular complexity index is 934. The van der Waals surface area contributed by atoms with Crippen molar-refractivity contribution in [3.8, 4) is 11.5 Å². The molecule has 4 rings (SSSR count). The fourth-order valence-corrected chi connectivity index (χ4v) is 4.87. The van der Waals surface area contributed by atoms with Crippen molar-refractivity contribution in [3.05, 3.63) is 33.8 Å². The minimum Gasteiger partial charge on any atom is -0.454 e. The number of nitrogens with zero attached hydrogens (tertiary/aromatic N) is 2. The van der Waals surface area contributed by atoms with E-state index >= 15 is 0 Å². The van der Waals surface area contributed by atoms with Crippen LogP contribution in [0.3, 0.4) is 0 Å². The highest BCUT2D eigenvalue weighted by Crippen LogP contribution is 2.34. The number of thiazole rings is 1. The lowest BCUT2D eigenvalue weighted by molar-refractivity contribution is -0.121. The molecule has 0 aliphatic carbocycles. The Morgan fingerprint density at radius 3 is 2.77 bits per heavy atom. The second-order valence-corrected chi connectivity index (χ2v) is 8.83. The molecule has 0 radical (unpaired) electrons. The normalized spacial score (nSPS) is 16.0. The van der Waals surface area contributed by atoms with Crippen LogP contribution in [-0.2, 0) is 11.2 Å². The van der Waals surface area contributed by atoms with E-state index in [1.165, 1.54) is 11.3 Å². The number of unbranched alkanes of at least 4 members (excludes halogenated alkanes) is 1. The van der Waals surface area contributed by atoms with E-state index in [9.17, 15) is 9.59 Å². The predicted molar refractivity (Wildman–Crippen MR) is 115 cm³/mol. The summed E-state index contributed by atoms with van der Waals surface area (Å²) in [5.74, 6) is 1.25. The number of carbonyl (C=O) groups excluding carboxylic acids is 2. The van der Waals surface area contributed by atoms with E-state index in [1.54, 1.807) is 12.1 Å². The molecular formula is C22H27N3O4S. The summed E-state index contributed by atoms with van der Waals surface area (Å²) in [7, 11) is 0. The maximum atomic E-state index is 13.0. The zero-order valence-corrected chi connectivity index (χ0v) is 18.2. The summed E-state index contributed by atoms with van der Waals surface area (Å²) in [6.07, 6.45) is 4.44. The van der Waals surface area contributed by atoms with Crippen LogP contribution in [0, 0.1) is 12.8 Å². The Morgan fingerprint density at radius 1 is 1.23 bits per heavy atom. The van der Waals surface area contributed by atoms with Crippen molar-refractivity contribution in [2.45, 2.75) is 46.0 Å². The van der Waals surface area contributed by atoms with E-state index in [0.29, 0.717) is 43.1 Å². The zero-order chi connectivity index (χ0) is 21.1. The molecule has 2 amide bonds. The van der Waals surface area contributed by atoms with Gasteiger partial charge in [-0.15, -0.1) is 11.3 Å². The second kappa shape index (κ2) is 9.04. The van der Waals surface area contributed by atoms with Crippen LogP contribution in [0.25, 0.3) is 0 Å². The third-order valence-electron chi connectivity index (χ3n) is 5.57. The fourth-order valence-electron chi connectivity index (χ4n) is 3.79. The molecule has 0 atom stereocenters. The summed E-state index contributed by atoms with van der Waals surface area (Å²) < 4.78 is 10.7. The number of rotatable bonds is 6. The van der Waals surface area contributed by atoms with Gasteiger partial charge in [0.2, 0.25) is 12.7 Å². The molecule has 1 fully saturated rings. The molecule has 0 saturated carbocycles. The maximum Gasteiger partial charge on any atom is 0.265 e. The number of likely N-dealkylation sites (tertiary alicyclic amines) is 1. The minimum atomic E-state index is -0.109. The molecule has 1 aromatic heterocycles. The summed E-state index contributed by atoms with van der Waals surface area (Å²) >= 11 is 1.52. The van der Waals surface area contributed by atoms with Crippen LogP contribution in [0.2, 0.25) is 0 Å². The molecule has 1 aromatic carbocycles. The minimum absolute atomic E-state index is 0.0169. The summed E-state index contributed by atoms with van der Waals surface area (Å²) in [4.78, 5) is 32.8. The van der Waals surface area contributed by atoms with Crippen LogP contribution in [0.5, 0.6) is 11.5 Å². The number of amides is 2. The average molecular weight is 430 g/mol. The van der Waals surface area contributed by atoms with Crippen molar-refractivity contribution >= 4 is 28.8 Å². The Kier molecular flexibility index (Phi) is 6.22. The van der Waals surface area contributed by atoms with Crippen molar-refractivity contribution in [1.82, 2.24) is 9.88 Å². The molecule has 2 aliphatic rings. The monoisotopic (exact) mass is 429 g/mol. The molecule has 1 N–H and O–H groups in total. The molecule has 0 unspecified atom stereocenters. The van der Waals surface area contributed by atoms with Gasteiger partial charge in [-0.2, -0.15) is 0 Å². The number of hydrogen-bond acceptors (Lipinski definition) is 6. The van der Waals surface area contributed by atoms with Crippen LogP contribution in [0.4, 0.5) is 5.69 Å². The third kappa shape index (κ3) is 4.43. The van der Waals surface area contributed by atoms with E-state index in [0.717, 1.165) is 34.8 Å². The summed E-state index contributed by atoms with van der Waals surface area (Å²) in [6.45, 7) is 5.43. The number of anilines is 1. The Hall–Kier alpha value is -2.61. The predicted octanol–water partition coefficient (Wildman–Crippen LogP) is 4.01. The molecule has 2 aliphatic heterocycles. The smallest absolute Gasteiger partial charge is 0.265 e. The van der Waals surface area contributed by atoms with Crippen LogP contribution >= 0.6 is 11.3 Å². The number of aryl methyl sites for hydroxylation is 2. The molecule has 0 bridgehead atoms. The number of fused-ring (bicyclic) bond motifs is 1. The number of piperidine rings is 1. The van der Waals surface area contributed by atoms with Gasteiger partial charge in [0.1, 0.15) is 4.88 Å². The second-order valence-electron chi connectivity index (χ2n) is 7.75. The van der Waals surface area contributed by atoms with E-state index < -0.39 is 0 Å². The average Bonchev–Trinajstić information content (AvgIpc) is 3.37. The first-order valence-corrected chi connectivity index (χ1v) is 11.3. The van der Waals surface area contributed by atoms with Gasteiger partial charge in [-0.1, -0.05) is 13.3 Å². The Labute approximate surface area is 180 Å². The standard InChI is InChI=1S/C22H27N3O4S/c1-3-4-5-19-23-14(2)20(30-19)22(27)25-10-8-15(9-11-25)21(26)24-16-6-7-17-18(12-16)29-13-28-17/h6-7,12,15H,3-5,8-11,13H2,1-2H3,(H,24,26). The van der Waals surface area contributed by atoms with Gasteiger partial charge in [0.05, 0.1) is 10.7 Å². The van der Waals surface area contributed by atoms with Gasteiger partial charge in [-0.05, 0) is 44.7 Å². The molecule has 3 heterocycles. The van der Waals surface area contributed by atoms with Crippen molar-refractivity contribution in [1.29, 1.82) is 0 Å². The lowest BCUT2D eigenvalue weighted by Gasteiger charge is -2.31. The number of nitrogens with one attached hydrogen (secondary N) is 1. The lowest BCUT2D eigenvalue weighted by Crippen LogP contribution is -2.41. The van der Waals surface area contributed by atoms with Crippen molar-refractivity contribution in [2.24, 2.45) is 5.92 Å². The van der Waals surface area contributed by atoms with Crippen molar-refractivity contribution in [3.63, 3.8) is 0 Å². The van der Waals surface area contributed by atoms with E-state index in [-0.39, 0.29) is 24.5 Å². The van der Waals surface area contributed by atoms with Gasteiger partial charge in [0, 0.05) is 30.8 Å². The molecule has 2 aromatic rings. The highest BCUT2D eigenvalue weighted by Gasteiger charge is 2.29. The first-order valence-electron chi connectivity index (χ1n) is 10.5. The first kappa shape index (κ1) is 20.7. The number of aromatic nitrogens is 1. The lowest BCUT2D eigenvalue weighted by atomic mass is 9.95. The SMILES string of the molecule is CCCCc1nc(C)c(C(=O)N2CCC(C(=O)Nc3ccc4c(c3)OCO4)CC2)s1. The highest BCUT2D eigenvalue weighted by molar-refractivity contribution is 7.13. The van der Waals surface area contributed by atoms with Crippen LogP contribution < -0.4 is 14.8 Å². The quantitative estimate of drug-likeness (QED) is 0.750. The molecule has 1 saturated heterocycles. The van der Waals surface area contributed by atoms with E-state index in [2.05, 4.69) is 17.2 Å². The van der Waals surface area contributed by atoms with Gasteiger partial charge >= 0.3 is 0 Å². The number of benzene rings is 1. The summed E-state index contributed by atoms with van der Waals surface area (Å²) in [5, 5.41) is 4.00. The number of ether oxygens (including phenoxy) is 2. The molecule has 160 valence electrons. The molecule has 7 nitrogen and oxygen atoms in total. The third-order valence-corrected chi connectivity index (χ3v) is 6.78. The van der Waals surface area contributed by atoms with Gasteiger partial charge in [0.15, 0.2) is 11.5 Å². The van der Waals surface area contributed by atoms with Crippen LogP contribution in [0.15, 0.2) is 18.2 Å². The topological polar surface area (TPSA) is 80.8 Å². The zero-order valence-electron chi connectivity index (χ0n) is 17.4. The molecule has 8 heteroatoms. The number of hydrogen-bond donors (Lipinski definition) is 1. The first-order chi connectivity index (χ1) is 14.5. The maximum absolute atomic E-state index is 13.0. The summed E-state index contributed by atoms with van der Waals surface area (Å²) in [5.41, 5.74) is 1.52.